The van der Waals surface area contributed by atoms with Gasteiger partial charge in [-0.15, -0.1) is 0 Å². The van der Waals surface area contributed by atoms with E-state index in [1.807, 2.05) is 0 Å². The predicted molar refractivity (Wildman–Crippen MR) is 103 cm³/mol. The number of methoxy groups -OCH3 is 1. The van der Waals surface area contributed by atoms with Crippen molar-refractivity contribution >= 4 is 28.9 Å². The SMILES string of the molecule is COc1ccc(NC(=O)CNc2cccc(C(F)(F)F)c2)cc1N1CCCC1=O. The molecule has 1 heterocycles. The third-order valence-corrected chi connectivity index (χ3v) is 4.47. The Hall–Kier alpha value is -3.23. The van der Waals surface area contributed by atoms with Crippen LogP contribution in [0.3, 0.4) is 0 Å². The molecule has 154 valence electrons. The summed E-state index contributed by atoms with van der Waals surface area (Å²) in [6, 6.07) is 9.55. The molecule has 29 heavy (non-hydrogen) atoms. The van der Waals surface area contributed by atoms with Gasteiger partial charge in [-0.1, -0.05) is 6.07 Å². The number of amides is 2. The molecule has 0 unspecified atom stereocenters. The third-order valence-electron chi connectivity index (χ3n) is 4.47. The van der Waals surface area contributed by atoms with Crippen molar-refractivity contribution in [1.82, 2.24) is 0 Å². The molecule has 1 aliphatic heterocycles. The average molecular weight is 407 g/mol. The molecule has 2 aromatic carbocycles. The number of rotatable bonds is 6. The largest absolute Gasteiger partial charge is 0.495 e. The number of nitrogens with one attached hydrogen (secondary N) is 2. The molecule has 0 bridgehead atoms. The topological polar surface area (TPSA) is 70.7 Å². The lowest BCUT2D eigenvalue weighted by atomic mass is 10.2. The third kappa shape index (κ3) is 4.98. The highest BCUT2D eigenvalue weighted by molar-refractivity contribution is 5.99. The standard InChI is InChI=1S/C20H20F3N3O3/c1-29-17-8-7-15(11-16(17)26-9-3-6-19(26)28)25-18(27)12-24-14-5-2-4-13(10-14)20(21,22)23/h2,4-5,7-8,10-11,24H,3,6,9,12H2,1H3,(H,25,27). The Morgan fingerprint density at radius 3 is 2.62 bits per heavy atom. The number of alkyl halides is 3. The highest BCUT2D eigenvalue weighted by atomic mass is 19.4. The van der Waals surface area contributed by atoms with Crippen molar-refractivity contribution < 1.29 is 27.5 Å². The summed E-state index contributed by atoms with van der Waals surface area (Å²) >= 11 is 0. The van der Waals surface area contributed by atoms with Gasteiger partial charge in [0, 0.05) is 24.3 Å². The van der Waals surface area contributed by atoms with Gasteiger partial charge in [0.2, 0.25) is 11.8 Å². The van der Waals surface area contributed by atoms with E-state index < -0.39 is 17.6 Å². The summed E-state index contributed by atoms with van der Waals surface area (Å²) in [5, 5.41) is 5.35. The minimum Gasteiger partial charge on any atom is -0.495 e. The van der Waals surface area contributed by atoms with Crippen LogP contribution in [0.15, 0.2) is 42.5 Å². The van der Waals surface area contributed by atoms with Crippen LogP contribution in [-0.2, 0) is 15.8 Å². The van der Waals surface area contributed by atoms with E-state index in [0.29, 0.717) is 30.1 Å². The lowest BCUT2D eigenvalue weighted by molar-refractivity contribution is -0.137. The molecule has 9 heteroatoms. The van der Waals surface area contributed by atoms with E-state index in [2.05, 4.69) is 10.6 Å². The minimum absolute atomic E-state index is 0.0158. The fraction of sp³-hybridized carbons (Fsp3) is 0.300. The number of carbonyl (C=O) groups excluding carboxylic acids is 2. The first-order valence-electron chi connectivity index (χ1n) is 8.97. The van der Waals surface area contributed by atoms with E-state index in [1.165, 1.54) is 19.2 Å². The van der Waals surface area contributed by atoms with E-state index in [0.717, 1.165) is 18.6 Å². The molecule has 2 aromatic rings. The van der Waals surface area contributed by atoms with Crippen LogP contribution in [0, 0.1) is 0 Å². The number of benzene rings is 2. The van der Waals surface area contributed by atoms with Gasteiger partial charge in [0.25, 0.3) is 0 Å². The number of hydrogen-bond donors (Lipinski definition) is 2. The molecular formula is C20H20F3N3O3. The highest BCUT2D eigenvalue weighted by Gasteiger charge is 2.30. The first-order chi connectivity index (χ1) is 13.8. The Morgan fingerprint density at radius 2 is 1.97 bits per heavy atom. The fourth-order valence-electron chi connectivity index (χ4n) is 3.07. The summed E-state index contributed by atoms with van der Waals surface area (Å²) in [6.07, 6.45) is -3.24. The number of anilines is 3. The molecule has 2 N–H and O–H groups in total. The smallest absolute Gasteiger partial charge is 0.416 e. The highest BCUT2D eigenvalue weighted by Crippen LogP contribution is 2.34. The molecule has 0 spiro atoms. The van der Waals surface area contributed by atoms with Crippen molar-refractivity contribution in [2.45, 2.75) is 19.0 Å². The van der Waals surface area contributed by atoms with Crippen LogP contribution < -0.4 is 20.3 Å². The zero-order chi connectivity index (χ0) is 21.0. The quantitative estimate of drug-likeness (QED) is 0.762. The Morgan fingerprint density at radius 1 is 1.17 bits per heavy atom. The Kier molecular flexibility index (Phi) is 5.95. The summed E-state index contributed by atoms with van der Waals surface area (Å²) in [7, 11) is 1.50. The second-order valence-electron chi connectivity index (χ2n) is 6.52. The monoisotopic (exact) mass is 407 g/mol. The lowest BCUT2D eigenvalue weighted by Gasteiger charge is -2.20. The molecule has 3 rings (SSSR count). The van der Waals surface area contributed by atoms with Crippen LogP contribution in [0.25, 0.3) is 0 Å². The Balaban J connectivity index is 1.66. The number of carbonyl (C=O) groups is 2. The molecule has 0 atom stereocenters. The van der Waals surface area contributed by atoms with Crippen molar-refractivity contribution in [3.8, 4) is 5.75 Å². The van der Waals surface area contributed by atoms with Gasteiger partial charge in [-0.05, 0) is 42.8 Å². The van der Waals surface area contributed by atoms with Crippen molar-refractivity contribution in [2.75, 3.05) is 35.7 Å². The van der Waals surface area contributed by atoms with E-state index >= 15 is 0 Å². The van der Waals surface area contributed by atoms with Crippen LogP contribution >= 0.6 is 0 Å². The van der Waals surface area contributed by atoms with Crippen molar-refractivity contribution in [1.29, 1.82) is 0 Å². The molecule has 2 amide bonds. The van der Waals surface area contributed by atoms with E-state index in [4.69, 9.17) is 4.74 Å². The van der Waals surface area contributed by atoms with E-state index in [9.17, 15) is 22.8 Å². The van der Waals surface area contributed by atoms with Crippen molar-refractivity contribution in [3.05, 3.63) is 48.0 Å². The molecule has 0 saturated carbocycles. The van der Waals surface area contributed by atoms with Gasteiger partial charge in [0.05, 0.1) is 24.9 Å². The zero-order valence-corrected chi connectivity index (χ0v) is 15.7. The summed E-state index contributed by atoms with van der Waals surface area (Å²) in [5.41, 5.74) is 0.418. The Labute approximate surface area is 165 Å². The molecule has 1 aliphatic rings. The summed E-state index contributed by atoms with van der Waals surface area (Å²) in [4.78, 5) is 25.8. The molecule has 6 nitrogen and oxygen atoms in total. The molecule has 0 aromatic heterocycles. The van der Waals surface area contributed by atoms with E-state index in [1.54, 1.807) is 23.1 Å². The second-order valence-corrected chi connectivity index (χ2v) is 6.52. The number of nitrogens with zero attached hydrogens (tertiary/aromatic N) is 1. The van der Waals surface area contributed by atoms with Crippen LogP contribution in [0.1, 0.15) is 18.4 Å². The normalized spacial score (nSPS) is 14.1. The molecular weight excluding hydrogens is 387 g/mol. The van der Waals surface area contributed by atoms with Gasteiger partial charge in [0.15, 0.2) is 0 Å². The average Bonchev–Trinajstić information content (AvgIpc) is 3.11. The molecule has 1 saturated heterocycles. The summed E-state index contributed by atoms with van der Waals surface area (Å²) in [6.45, 7) is 0.356. The summed E-state index contributed by atoms with van der Waals surface area (Å²) in [5.74, 6) is 0.0598. The predicted octanol–water partition coefficient (Wildman–Crippen LogP) is 3.89. The second kappa shape index (κ2) is 8.42. The summed E-state index contributed by atoms with van der Waals surface area (Å²) < 4.78 is 43.6. The molecule has 0 aliphatic carbocycles. The number of hydrogen-bond acceptors (Lipinski definition) is 4. The maximum Gasteiger partial charge on any atom is 0.416 e. The van der Waals surface area contributed by atoms with Crippen LogP contribution in [0.4, 0.5) is 30.2 Å². The lowest BCUT2D eigenvalue weighted by Crippen LogP contribution is -2.25. The van der Waals surface area contributed by atoms with Gasteiger partial charge in [-0.3, -0.25) is 9.59 Å². The van der Waals surface area contributed by atoms with Crippen molar-refractivity contribution in [2.24, 2.45) is 0 Å². The van der Waals surface area contributed by atoms with Gasteiger partial charge in [-0.25, -0.2) is 0 Å². The van der Waals surface area contributed by atoms with Gasteiger partial charge < -0.3 is 20.3 Å². The Bertz CT molecular complexity index is 915. The van der Waals surface area contributed by atoms with Crippen LogP contribution in [0.5, 0.6) is 5.75 Å². The molecule has 0 radical (unpaired) electrons. The first-order valence-corrected chi connectivity index (χ1v) is 8.97. The van der Waals surface area contributed by atoms with Crippen LogP contribution in [0.2, 0.25) is 0 Å². The van der Waals surface area contributed by atoms with Crippen molar-refractivity contribution in [3.63, 3.8) is 0 Å². The number of ether oxygens (including phenoxy) is 1. The number of halogens is 3. The first kappa shape index (κ1) is 20.5. The van der Waals surface area contributed by atoms with Gasteiger partial charge >= 0.3 is 6.18 Å². The fourth-order valence-corrected chi connectivity index (χ4v) is 3.07. The zero-order valence-electron chi connectivity index (χ0n) is 15.7. The maximum atomic E-state index is 12.8. The van der Waals surface area contributed by atoms with Gasteiger partial charge in [0.1, 0.15) is 5.75 Å². The van der Waals surface area contributed by atoms with Crippen LogP contribution in [-0.4, -0.2) is 32.0 Å². The molecule has 1 fully saturated rings. The maximum absolute atomic E-state index is 12.8. The minimum atomic E-state index is -4.45. The van der Waals surface area contributed by atoms with Gasteiger partial charge in [-0.2, -0.15) is 13.2 Å². The van der Waals surface area contributed by atoms with E-state index in [-0.39, 0.29) is 18.1 Å².